The van der Waals surface area contributed by atoms with Gasteiger partial charge in [0.1, 0.15) is 0 Å². The van der Waals surface area contributed by atoms with Gasteiger partial charge in [0, 0.05) is 50.1 Å². The molecule has 0 saturated carbocycles. The Hall–Kier alpha value is -0.760. The zero-order valence-electron chi connectivity index (χ0n) is 14.2. The third-order valence-corrected chi connectivity index (χ3v) is 4.85. The lowest BCUT2D eigenvalue weighted by Crippen LogP contribution is -2.56. The fourth-order valence-electron chi connectivity index (χ4n) is 3.27. The molecule has 0 spiro atoms. The average molecular weight is 313 g/mol. The number of rotatable bonds is 1. The number of nitrogens with one attached hydrogen (secondary N) is 2. The fraction of sp³-hybridized carbons (Fsp3) is 1.00. The molecule has 2 bridgehead atoms. The van der Waals surface area contributed by atoms with Gasteiger partial charge in [0.25, 0.3) is 0 Å². The van der Waals surface area contributed by atoms with E-state index in [4.69, 9.17) is 0 Å². The average Bonchev–Trinajstić information content (AvgIpc) is 2.67. The van der Waals surface area contributed by atoms with Crippen molar-refractivity contribution >= 4 is 0 Å². The third-order valence-electron chi connectivity index (χ3n) is 4.85. The van der Waals surface area contributed by atoms with E-state index >= 15 is 0 Å². The van der Waals surface area contributed by atoms with Crippen molar-refractivity contribution < 1.29 is 4.92 Å². The number of hydrogen-bond acceptors (Lipinski definition) is 6. The Balaban J connectivity index is 2.08. The zero-order valence-corrected chi connectivity index (χ0v) is 14.2. The largest absolute Gasteiger partial charge is 0.306 e. The standard InChI is InChI=1S/C15H31N5O2/c1-13-9-18-5-4-6-19(8-7-18)10-14(2)17-12-15(3,11-16-13)20(21)22/h13-14,16-17H,4-12H2,1-3H3. The Morgan fingerprint density at radius 3 is 1.86 bits per heavy atom. The van der Waals surface area contributed by atoms with Crippen LogP contribution in [0.1, 0.15) is 27.2 Å². The lowest BCUT2D eigenvalue weighted by molar-refractivity contribution is -0.561. The summed E-state index contributed by atoms with van der Waals surface area (Å²) in [6, 6.07) is 0.535. The minimum absolute atomic E-state index is 0.145. The Bertz CT molecular complexity index is 355. The van der Waals surface area contributed by atoms with Crippen LogP contribution >= 0.6 is 0 Å². The quantitative estimate of drug-likeness (QED) is 0.524. The predicted octanol–water partition coefficient (Wildman–Crippen LogP) is -0.000700. The lowest BCUT2D eigenvalue weighted by Gasteiger charge is -2.28. The first-order chi connectivity index (χ1) is 10.4. The zero-order chi connectivity index (χ0) is 16.2. The number of hydrogen-bond donors (Lipinski definition) is 2. The predicted molar refractivity (Wildman–Crippen MR) is 87.8 cm³/mol. The number of nitro groups is 1. The summed E-state index contributed by atoms with van der Waals surface area (Å²) in [7, 11) is 0. The molecule has 2 rings (SSSR count). The normalized spacial score (nSPS) is 41.8. The highest BCUT2D eigenvalue weighted by Crippen LogP contribution is 2.10. The summed E-state index contributed by atoms with van der Waals surface area (Å²) >= 11 is 0. The Labute approximate surface area is 133 Å². The van der Waals surface area contributed by atoms with Crippen molar-refractivity contribution in [2.24, 2.45) is 0 Å². The monoisotopic (exact) mass is 313 g/mol. The van der Waals surface area contributed by atoms with Crippen LogP contribution in [0.25, 0.3) is 0 Å². The Kier molecular flexibility index (Phi) is 6.14. The van der Waals surface area contributed by atoms with Gasteiger partial charge in [0.2, 0.25) is 5.54 Å². The SMILES string of the molecule is CC1CN2CCCN(CC2)CC(C)NCC(C)([N+](=O)[O-])CN1. The molecule has 128 valence electrons. The smallest absolute Gasteiger partial charge is 0.243 e. The number of nitrogens with zero attached hydrogens (tertiary/aromatic N) is 3. The molecule has 0 radical (unpaired) electrons. The first-order valence-corrected chi connectivity index (χ1v) is 8.45. The van der Waals surface area contributed by atoms with E-state index in [1.165, 1.54) is 6.42 Å². The molecule has 0 aromatic heterocycles. The molecule has 2 heterocycles. The maximum atomic E-state index is 11.5. The van der Waals surface area contributed by atoms with Crippen LogP contribution in [0, 0.1) is 10.1 Å². The highest BCUT2D eigenvalue weighted by molar-refractivity contribution is 4.85. The molecule has 0 aromatic carbocycles. The van der Waals surface area contributed by atoms with Crippen LogP contribution in [0.5, 0.6) is 0 Å². The van der Waals surface area contributed by atoms with Gasteiger partial charge in [-0.2, -0.15) is 0 Å². The van der Waals surface area contributed by atoms with Crippen molar-refractivity contribution in [3.8, 4) is 0 Å². The molecule has 0 aliphatic carbocycles. The first-order valence-electron chi connectivity index (χ1n) is 8.45. The Morgan fingerprint density at radius 1 is 1.00 bits per heavy atom. The van der Waals surface area contributed by atoms with Crippen LogP contribution in [-0.2, 0) is 0 Å². The summed E-state index contributed by atoms with van der Waals surface area (Å²) in [5.74, 6) is 0. The molecule has 7 nitrogen and oxygen atoms in total. The van der Waals surface area contributed by atoms with Gasteiger partial charge in [0.05, 0.1) is 13.1 Å². The van der Waals surface area contributed by atoms with Gasteiger partial charge >= 0.3 is 0 Å². The molecule has 0 amide bonds. The molecular formula is C15H31N5O2. The van der Waals surface area contributed by atoms with E-state index in [1.807, 2.05) is 0 Å². The van der Waals surface area contributed by atoms with Crippen molar-refractivity contribution in [2.45, 2.75) is 44.8 Å². The highest BCUT2D eigenvalue weighted by Gasteiger charge is 2.37. The van der Waals surface area contributed by atoms with Crippen LogP contribution in [0.4, 0.5) is 0 Å². The summed E-state index contributed by atoms with van der Waals surface area (Å²) in [5, 5.41) is 18.2. The summed E-state index contributed by atoms with van der Waals surface area (Å²) in [6.45, 7) is 13.1. The molecule has 7 heteroatoms. The second-order valence-electron chi connectivity index (χ2n) is 7.27. The van der Waals surface area contributed by atoms with E-state index in [2.05, 4.69) is 34.3 Å². The van der Waals surface area contributed by atoms with Crippen LogP contribution < -0.4 is 10.6 Å². The summed E-state index contributed by atoms with van der Waals surface area (Å²) < 4.78 is 0. The molecule has 4 unspecified atom stereocenters. The molecule has 2 aliphatic rings. The summed E-state index contributed by atoms with van der Waals surface area (Å²) in [6.07, 6.45) is 1.20. The highest BCUT2D eigenvalue weighted by atomic mass is 16.6. The molecule has 2 aliphatic heterocycles. The second kappa shape index (κ2) is 7.68. The molecule has 2 fully saturated rings. The third kappa shape index (κ3) is 4.87. The maximum Gasteiger partial charge on any atom is 0.243 e. The first kappa shape index (κ1) is 17.6. The molecule has 4 atom stereocenters. The Morgan fingerprint density at radius 2 is 1.45 bits per heavy atom. The second-order valence-corrected chi connectivity index (χ2v) is 7.27. The molecule has 22 heavy (non-hydrogen) atoms. The topological polar surface area (TPSA) is 73.7 Å². The van der Waals surface area contributed by atoms with Crippen molar-refractivity contribution in [1.29, 1.82) is 0 Å². The van der Waals surface area contributed by atoms with Crippen molar-refractivity contribution in [1.82, 2.24) is 20.4 Å². The van der Waals surface area contributed by atoms with E-state index in [9.17, 15) is 10.1 Å². The van der Waals surface area contributed by atoms with Gasteiger partial charge in [-0.15, -0.1) is 0 Å². The van der Waals surface area contributed by atoms with Gasteiger partial charge in [0.15, 0.2) is 0 Å². The van der Waals surface area contributed by atoms with Gasteiger partial charge in [-0.25, -0.2) is 0 Å². The van der Waals surface area contributed by atoms with Gasteiger partial charge in [-0.05, 0) is 33.4 Å². The number of fused-ring (bicyclic) bond motifs is 3. The van der Waals surface area contributed by atoms with E-state index in [1.54, 1.807) is 6.92 Å². The molecular weight excluding hydrogens is 282 g/mol. The van der Waals surface area contributed by atoms with Crippen LogP contribution in [0.3, 0.4) is 0 Å². The van der Waals surface area contributed by atoms with Crippen molar-refractivity contribution in [3.63, 3.8) is 0 Å². The van der Waals surface area contributed by atoms with Gasteiger partial charge in [-0.1, -0.05) is 0 Å². The molecule has 2 saturated heterocycles. The van der Waals surface area contributed by atoms with E-state index in [-0.39, 0.29) is 17.0 Å². The van der Waals surface area contributed by atoms with Crippen molar-refractivity contribution in [3.05, 3.63) is 10.1 Å². The minimum Gasteiger partial charge on any atom is -0.306 e. The van der Waals surface area contributed by atoms with Gasteiger partial charge < -0.3 is 20.4 Å². The van der Waals surface area contributed by atoms with Crippen LogP contribution in [0.15, 0.2) is 0 Å². The molecule has 2 N–H and O–H groups in total. The lowest BCUT2D eigenvalue weighted by atomic mass is 10.0. The van der Waals surface area contributed by atoms with E-state index in [0.717, 1.165) is 39.3 Å². The fourth-order valence-corrected chi connectivity index (χ4v) is 3.27. The summed E-state index contributed by atoms with van der Waals surface area (Å²) in [4.78, 5) is 16.3. The molecule has 0 aromatic rings. The van der Waals surface area contributed by atoms with Crippen molar-refractivity contribution in [2.75, 3.05) is 52.4 Å². The van der Waals surface area contributed by atoms with Gasteiger partial charge in [-0.3, -0.25) is 10.1 Å². The summed E-state index contributed by atoms with van der Waals surface area (Å²) in [5.41, 5.74) is -0.962. The van der Waals surface area contributed by atoms with Crippen LogP contribution in [0.2, 0.25) is 0 Å². The minimum atomic E-state index is -0.962. The van der Waals surface area contributed by atoms with E-state index < -0.39 is 5.54 Å². The van der Waals surface area contributed by atoms with E-state index in [0.29, 0.717) is 13.1 Å². The maximum absolute atomic E-state index is 11.5. The van der Waals surface area contributed by atoms with Crippen LogP contribution in [-0.4, -0.2) is 84.7 Å².